The van der Waals surface area contributed by atoms with Crippen molar-refractivity contribution in [3.63, 3.8) is 0 Å². The number of aryl methyl sites for hydroxylation is 1. The minimum absolute atomic E-state index is 0.102. The maximum Gasteiger partial charge on any atom is 0.231 e. The molecule has 0 aliphatic carbocycles. The Morgan fingerprint density at radius 1 is 1.32 bits per heavy atom. The molecule has 1 aromatic carbocycles. The summed E-state index contributed by atoms with van der Waals surface area (Å²) in [7, 11) is 0. The number of hydrogen-bond donors (Lipinski definition) is 2. The Hall–Kier alpha value is -2.61. The van der Waals surface area contributed by atoms with Gasteiger partial charge in [-0.15, -0.1) is 5.10 Å². The number of carbonyl (C=O) groups is 1. The van der Waals surface area contributed by atoms with Crippen molar-refractivity contribution < 1.29 is 19.2 Å². The molecule has 166 valence electrons. The second kappa shape index (κ2) is 8.86. The Kier molecular flexibility index (Phi) is 5.80. The molecule has 3 saturated heterocycles. The monoisotopic (exact) mass is 426 g/mol. The van der Waals surface area contributed by atoms with Crippen molar-refractivity contribution >= 4 is 5.91 Å². The number of piperidine rings is 3. The van der Waals surface area contributed by atoms with Crippen LogP contribution < -0.4 is 19.7 Å². The van der Waals surface area contributed by atoms with Crippen LogP contribution in [0.25, 0.3) is 0 Å². The molecule has 4 atom stereocenters. The SMILES string of the molecule is CCCCc1cn(C[C@H]2C[C@@H]3CC[NH+]2C[C@@H]3C(=O)NCc2ccc3c(c2)OCO3)nn1. The zero-order valence-electron chi connectivity index (χ0n) is 18.2. The molecule has 0 radical (unpaired) electrons. The van der Waals surface area contributed by atoms with Gasteiger partial charge in [-0.25, -0.2) is 4.68 Å². The van der Waals surface area contributed by atoms with E-state index in [-0.39, 0.29) is 18.6 Å². The van der Waals surface area contributed by atoms with Crippen LogP contribution in [0.3, 0.4) is 0 Å². The van der Waals surface area contributed by atoms with Crippen LogP contribution in [0.1, 0.15) is 43.9 Å². The molecule has 31 heavy (non-hydrogen) atoms. The second-order valence-corrected chi connectivity index (χ2v) is 9.14. The Morgan fingerprint density at radius 3 is 3.06 bits per heavy atom. The molecule has 5 heterocycles. The molecule has 2 aromatic rings. The van der Waals surface area contributed by atoms with E-state index in [2.05, 4.69) is 28.7 Å². The van der Waals surface area contributed by atoms with Gasteiger partial charge < -0.3 is 19.7 Å². The van der Waals surface area contributed by atoms with Gasteiger partial charge in [0.1, 0.15) is 6.04 Å². The molecule has 3 fully saturated rings. The summed E-state index contributed by atoms with van der Waals surface area (Å²) in [4.78, 5) is 14.5. The molecule has 4 aliphatic heterocycles. The van der Waals surface area contributed by atoms with Crippen molar-refractivity contribution in [1.82, 2.24) is 20.3 Å². The molecule has 1 aromatic heterocycles. The molecule has 2 N–H and O–H groups in total. The Bertz CT molecular complexity index is 930. The Balaban J connectivity index is 1.14. The number of benzene rings is 1. The molecule has 0 spiro atoms. The molecule has 0 saturated carbocycles. The number of amides is 1. The highest BCUT2D eigenvalue weighted by molar-refractivity contribution is 5.79. The maximum absolute atomic E-state index is 13.0. The largest absolute Gasteiger partial charge is 0.454 e. The number of aromatic nitrogens is 3. The third kappa shape index (κ3) is 4.39. The first-order valence-corrected chi connectivity index (χ1v) is 11.6. The minimum Gasteiger partial charge on any atom is -0.454 e. The lowest BCUT2D eigenvalue weighted by Crippen LogP contribution is -3.20. The van der Waals surface area contributed by atoms with E-state index in [9.17, 15) is 4.79 Å². The highest BCUT2D eigenvalue weighted by atomic mass is 16.7. The fourth-order valence-electron chi connectivity index (χ4n) is 5.32. The van der Waals surface area contributed by atoms with E-state index in [0.717, 1.165) is 68.1 Å². The van der Waals surface area contributed by atoms with Crippen molar-refractivity contribution in [2.45, 2.75) is 58.2 Å². The smallest absolute Gasteiger partial charge is 0.231 e. The third-order valence-electron chi connectivity index (χ3n) is 7.07. The van der Waals surface area contributed by atoms with Crippen LogP contribution in [0.15, 0.2) is 24.4 Å². The fraction of sp³-hybridized carbons (Fsp3) is 0.609. The summed E-state index contributed by atoms with van der Waals surface area (Å²) in [5.41, 5.74) is 2.13. The van der Waals surface area contributed by atoms with Crippen molar-refractivity contribution in [1.29, 1.82) is 0 Å². The van der Waals surface area contributed by atoms with Crippen LogP contribution in [-0.2, 0) is 24.3 Å². The molecule has 8 heteroatoms. The third-order valence-corrected chi connectivity index (χ3v) is 7.07. The Morgan fingerprint density at radius 2 is 2.23 bits per heavy atom. The number of fused-ring (bicyclic) bond motifs is 4. The van der Waals surface area contributed by atoms with Crippen molar-refractivity contribution in [2.24, 2.45) is 11.8 Å². The van der Waals surface area contributed by atoms with Gasteiger partial charge in [0.15, 0.2) is 11.5 Å². The maximum atomic E-state index is 13.0. The predicted molar refractivity (Wildman–Crippen MR) is 114 cm³/mol. The van der Waals surface area contributed by atoms with Crippen molar-refractivity contribution in [2.75, 3.05) is 19.9 Å². The normalized spacial score (nSPS) is 26.2. The summed E-state index contributed by atoms with van der Waals surface area (Å²) < 4.78 is 12.8. The minimum atomic E-state index is 0.102. The van der Waals surface area contributed by atoms with Crippen molar-refractivity contribution in [3.8, 4) is 11.5 Å². The van der Waals surface area contributed by atoms with Gasteiger partial charge in [0, 0.05) is 25.6 Å². The average Bonchev–Trinajstić information content (AvgIpc) is 3.45. The molecule has 8 nitrogen and oxygen atoms in total. The number of nitrogens with zero attached hydrogens (tertiary/aromatic N) is 3. The number of quaternary nitrogens is 1. The number of unbranched alkanes of at least 4 members (excludes halogenated alkanes) is 1. The quantitative estimate of drug-likeness (QED) is 0.657. The van der Waals surface area contributed by atoms with Gasteiger partial charge in [0.25, 0.3) is 0 Å². The summed E-state index contributed by atoms with van der Waals surface area (Å²) in [6.07, 6.45) is 7.66. The van der Waals surface area contributed by atoms with E-state index in [1.807, 2.05) is 22.9 Å². The molecule has 6 rings (SSSR count). The van der Waals surface area contributed by atoms with E-state index >= 15 is 0 Å². The second-order valence-electron chi connectivity index (χ2n) is 9.14. The van der Waals surface area contributed by atoms with E-state index < -0.39 is 0 Å². The van der Waals surface area contributed by atoms with Gasteiger partial charge in [0.2, 0.25) is 12.7 Å². The van der Waals surface area contributed by atoms with Gasteiger partial charge in [-0.05, 0) is 36.5 Å². The lowest BCUT2D eigenvalue weighted by Gasteiger charge is -2.46. The van der Waals surface area contributed by atoms with Gasteiger partial charge in [-0.2, -0.15) is 0 Å². The number of ether oxygens (including phenoxy) is 2. The van der Waals surface area contributed by atoms with Crippen LogP contribution in [0.2, 0.25) is 0 Å². The Labute approximate surface area is 182 Å². The summed E-state index contributed by atoms with van der Waals surface area (Å²) in [5.74, 6) is 2.27. The summed E-state index contributed by atoms with van der Waals surface area (Å²) in [5, 5.41) is 11.8. The highest BCUT2D eigenvalue weighted by Crippen LogP contribution is 2.32. The van der Waals surface area contributed by atoms with Gasteiger partial charge >= 0.3 is 0 Å². The van der Waals surface area contributed by atoms with Crippen LogP contribution in [-0.4, -0.2) is 46.8 Å². The van der Waals surface area contributed by atoms with Gasteiger partial charge in [0.05, 0.1) is 31.2 Å². The summed E-state index contributed by atoms with van der Waals surface area (Å²) in [6, 6.07) is 6.37. The van der Waals surface area contributed by atoms with E-state index in [1.165, 1.54) is 11.3 Å². The summed E-state index contributed by atoms with van der Waals surface area (Å²) in [6.45, 7) is 5.95. The average molecular weight is 427 g/mol. The number of carbonyl (C=O) groups excluding carboxylic acids is 1. The first-order valence-electron chi connectivity index (χ1n) is 11.6. The molecule has 1 amide bonds. The van der Waals surface area contributed by atoms with Crippen molar-refractivity contribution in [3.05, 3.63) is 35.7 Å². The number of hydrogen-bond acceptors (Lipinski definition) is 5. The molecular formula is C23H32N5O3+. The van der Waals surface area contributed by atoms with E-state index in [4.69, 9.17) is 9.47 Å². The molecule has 4 aliphatic rings. The molecule has 1 unspecified atom stereocenters. The molecular weight excluding hydrogens is 394 g/mol. The lowest BCUT2D eigenvalue weighted by molar-refractivity contribution is -0.945. The number of rotatable bonds is 8. The zero-order chi connectivity index (χ0) is 21.2. The van der Waals surface area contributed by atoms with Crippen LogP contribution in [0.5, 0.6) is 11.5 Å². The topological polar surface area (TPSA) is 82.7 Å². The van der Waals surface area contributed by atoms with Crippen LogP contribution in [0, 0.1) is 11.8 Å². The van der Waals surface area contributed by atoms with Crippen LogP contribution in [0.4, 0.5) is 0 Å². The van der Waals surface area contributed by atoms with E-state index in [0.29, 0.717) is 18.5 Å². The standard InChI is InChI=1S/C23H31N5O3/c1-2-3-4-18-12-28(26-25-18)13-19-10-17-7-8-27(19)14-20(17)23(29)24-11-16-5-6-21-22(9-16)31-15-30-21/h5-6,9,12,17,19-20H,2-4,7-8,10-11,13-15H2,1H3,(H,24,29)/p+1/t17-,19+,20-/m0/s1. The number of nitrogens with one attached hydrogen (secondary N) is 2. The first kappa shape index (κ1) is 20.3. The zero-order valence-corrected chi connectivity index (χ0v) is 18.2. The lowest BCUT2D eigenvalue weighted by atomic mass is 9.75. The molecule has 2 bridgehead atoms. The predicted octanol–water partition coefficient (Wildman–Crippen LogP) is 0.959. The van der Waals surface area contributed by atoms with Crippen LogP contribution >= 0.6 is 0 Å². The van der Waals surface area contributed by atoms with Gasteiger partial charge in [-0.1, -0.05) is 24.6 Å². The van der Waals surface area contributed by atoms with E-state index in [1.54, 1.807) is 0 Å². The van der Waals surface area contributed by atoms with Gasteiger partial charge in [-0.3, -0.25) is 4.79 Å². The highest BCUT2D eigenvalue weighted by Gasteiger charge is 2.46. The fourth-order valence-corrected chi connectivity index (χ4v) is 5.32. The first-order chi connectivity index (χ1) is 15.2. The summed E-state index contributed by atoms with van der Waals surface area (Å²) >= 11 is 0.